The maximum atomic E-state index is 11.7. The zero-order valence-electron chi connectivity index (χ0n) is 19.1. The molecule has 2 N–H and O–H groups in total. The van der Waals surface area contributed by atoms with Crippen molar-refractivity contribution in [3.63, 3.8) is 0 Å². The topological polar surface area (TPSA) is 85.6 Å². The van der Waals surface area contributed by atoms with E-state index in [9.17, 15) is 4.79 Å². The predicted molar refractivity (Wildman–Crippen MR) is 135 cm³/mol. The van der Waals surface area contributed by atoms with Crippen LogP contribution in [0.3, 0.4) is 0 Å². The number of anilines is 1. The number of morpholine rings is 1. The molecule has 0 bridgehead atoms. The van der Waals surface area contributed by atoms with E-state index in [0.717, 1.165) is 54.3 Å². The number of aryl methyl sites for hydroxylation is 2. The van der Waals surface area contributed by atoms with Crippen molar-refractivity contribution in [3.8, 4) is 28.3 Å². The molecule has 2 aromatic carbocycles. The molecule has 2 heterocycles. The molecule has 7 nitrogen and oxygen atoms in total. The van der Waals surface area contributed by atoms with Crippen molar-refractivity contribution in [2.75, 3.05) is 31.6 Å². The van der Waals surface area contributed by atoms with Crippen LogP contribution in [0.15, 0.2) is 59.8 Å². The summed E-state index contributed by atoms with van der Waals surface area (Å²) in [5, 5.41) is 10.0. The molecule has 0 saturated carbocycles. The minimum absolute atomic E-state index is 0.494. The Morgan fingerprint density at radius 3 is 2.44 bits per heavy atom. The van der Waals surface area contributed by atoms with E-state index >= 15 is 0 Å². The molecule has 0 unspecified atom stereocenters. The van der Waals surface area contributed by atoms with Crippen molar-refractivity contribution in [1.29, 1.82) is 0 Å². The Morgan fingerprint density at radius 2 is 1.88 bits per heavy atom. The lowest BCUT2D eigenvalue weighted by molar-refractivity contribution is -0.114. The first-order valence-electron chi connectivity index (χ1n) is 10.7. The van der Waals surface area contributed by atoms with Crippen molar-refractivity contribution >= 4 is 34.8 Å². The SMILES string of the molecule is C1COCCN1.C=COc1cc(C)c(-c2cc(-c3cccc(NC(=O)C(Cl)Cl)c3)on2)c(C)c1. The molecule has 3 aromatic rings. The normalized spacial score (nSPS) is 13.1. The van der Waals surface area contributed by atoms with Gasteiger partial charge in [-0.1, -0.05) is 47.1 Å². The number of nitrogens with zero attached hydrogens (tertiary/aromatic N) is 1. The maximum absolute atomic E-state index is 11.7. The van der Waals surface area contributed by atoms with Gasteiger partial charge in [-0.05, 0) is 49.2 Å². The van der Waals surface area contributed by atoms with Crippen LogP contribution in [0.2, 0.25) is 0 Å². The number of hydrogen-bond acceptors (Lipinski definition) is 6. The fraction of sp³-hybridized carbons (Fsp3) is 0.280. The van der Waals surface area contributed by atoms with E-state index < -0.39 is 10.7 Å². The fourth-order valence-corrected chi connectivity index (χ4v) is 3.59. The molecule has 0 spiro atoms. The summed E-state index contributed by atoms with van der Waals surface area (Å²) >= 11 is 11.2. The Bertz CT molecular complexity index is 1090. The van der Waals surface area contributed by atoms with Crippen LogP contribution in [0.25, 0.3) is 22.6 Å². The van der Waals surface area contributed by atoms with Crippen LogP contribution in [0.4, 0.5) is 5.69 Å². The summed E-state index contributed by atoms with van der Waals surface area (Å²) in [5.41, 5.74) is 5.03. The van der Waals surface area contributed by atoms with E-state index in [2.05, 4.69) is 22.4 Å². The molecule has 180 valence electrons. The van der Waals surface area contributed by atoms with E-state index in [-0.39, 0.29) is 0 Å². The molecule has 0 aliphatic carbocycles. The van der Waals surface area contributed by atoms with Gasteiger partial charge in [-0.25, -0.2) is 0 Å². The highest BCUT2D eigenvalue weighted by molar-refractivity contribution is 6.54. The first kappa shape index (κ1) is 25.8. The third-order valence-electron chi connectivity index (χ3n) is 4.95. The van der Waals surface area contributed by atoms with Gasteiger partial charge >= 0.3 is 0 Å². The first-order chi connectivity index (χ1) is 16.4. The Hall–Kier alpha value is -2.84. The molecule has 0 radical (unpaired) electrons. The number of hydrogen-bond donors (Lipinski definition) is 2. The van der Waals surface area contributed by atoms with Crippen LogP contribution in [-0.2, 0) is 9.53 Å². The number of alkyl halides is 2. The molecule has 4 rings (SSSR count). The average molecular weight is 504 g/mol. The quantitative estimate of drug-likeness (QED) is 0.341. The van der Waals surface area contributed by atoms with Gasteiger partial charge in [0.1, 0.15) is 11.4 Å². The van der Waals surface area contributed by atoms with E-state index in [1.54, 1.807) is 18.2 Å². The minimum atomic E-state index is -1.14. The van der Waals surface area contributed by atoms with Gasteiger partial charge in [-0.15, -0.1) is 0 Å². The van der Waals surface area contributed by atoms with Gasteiger partial charge in [-0.3, -0.25) is 4.79 Å². The second-order valence-electron chi connectivity index (χ2n) is 7.53. The molecular formula is C25H27Cl2N3O4. The number of halogens is 2. The Labute approximate surface area is 209 Å². The van der Waals surface area contributed by atoms with Crippen LogP contribution in [0.1, 0.15) is 11.1 Å². The first-order valence-corrected chi connectivity index (χ1v) is 11.6. The van der Waals surface area contributed by atoms with Gasteiger partial charge in [-0.2, -0.15) is 0 Å². The van der Waals surface area contributed by atoms with Gasteiger partial charge in [0.2, 0.25) is 0 Å². The standard InChI is InChI=1S/C21H18Cl2N2O3.C4H9NO/c1-4-27-16-8-12(2)19(13(3)9-16)17-11-18(28-25-17)14-6-5-7-15(10-14)24-21(26)20(22)23;1-3-6-4-2-5-1/h4-11,20H,1H2,2-3H3,(H,24,26);5H,1-4H2. The molecule has 1 aromatic heterocycles. The van der Waals surface area contributed by atoms with Gasteiger partial charge in [0.05, 0.1) is 19.5 Å². The Morgan fingerprint density at radius 1 is 1.18 bits per heavy atom. The number of carbonyl (C=O) groups is 1. The highest BCUT2D eigenvalue weighted by atomic mass is 35.5. The monoisotopic (exact) mass is 503 g/mol. The van der Waals surface area contributed by atoms with E-state index in [4.69, 9.17) is 37.2 Å². The fourth-order valence-electron chi connectivity index (χ4n) is 3.48. The number of amides is 1. The Balaban J connectivity index is 0.000000469. The van der Waals surface area contributed by atoms with E-state index in [0.29, 0.717) is 17.1 Å². The molecule has 1 aliphatic rings. The van der Waals surface area contributed by atoms with E-state index in [1.807, 2.05) is 38.1 Å². The lowest BCUT2D eigenvalue weighted by Gasteiger charge is -2.10. The summed E-state index contributed by atoms with van der Waals surface area (Å²) in [7, 11) is 0. The van der Waals surface area contributed by atoms with Crippen molar-refractivity contribution in [1.82, 2.24) is 10.5 Å². The zero-order chi connectivity index (χ0) is 24.5. The molecule has 1 fully saturated rings. The number of ether oxygens (including phenoxy) is 2. The number of rotatable bonds is 6. The molecule has 9 heteroatoms. The molecule has 1 aliphatic heterocycles. The molecule has 1 saturated heterocycles. The molecular weight excluding hydrogens is 477 g/mol. The smallest absolute Gasteiger partial charge is 0.257 e. The molecule has 34 heavy (non-hydrogen) atoms. The number of aromatic nitrogens is 1. The Kier molecular flexibility index (Phi) is 9.53. The highest BCUT2D eigenvalue weighted by Gasteiger charge is 2.16. The van der Waals surface area contributed by atoms with Crippen molar-refractivity contribution in [2.45, 2.75) is 18.7 Å². The second-order valence-corrected chi connectivity index (χ2v) is 8.62. The van der Waals surface area contributed by atoms with Gasteiger partial charge in [0.25, 0.3) is 5.91 Å². The zero-order valence-corrected chi connectivity index (χ0v) is 20.6. The summed E-state index contributed by atoms with van der Waals surface area (Å²) in [6, 6.07) is 12.9. The summed E-state index contributed by atoms with van der Waals surface area (Å²) < 4.78 is 15.9. The van der Waals surface area contributed by atoms with Crippen LogP contribution < -0.4 is 15.4 Å². The molecule has 1 amide bonds. The van der Waals surface area contributed by atoms with E-state index in [1.165, 1.54) is 6.26 Å². The summed E-state index contributed by atoms with van der Waals surface area (Å²) in [4.78, 5) is 10.5. The van der Waals surface area contributed by atoms with Crippen molar-refractivity contribution in [2.24, 2.45) is 0 Å². The third-order valence-corrected chi connectivity index (χ3v) is 5.35. The highest BCUT2D eigenvalue weighted by Crippen LogP contribution is 2.33. The van der Waals surface area contributed by atoms with Crippen molar-refractivity contribution < 1.29 is 18.8 Å². The second kappa shape index (κ2) is 12.6. The number of carbonyl (C=O) groups excluding carboxylic acids is 1. The van der Waals surface area contributed by atoms with Gasteiger partial charge in [0, 0.05) is 36.0 Å². The number of benzene rings is 2. The lowest BCUT2D eigenvalue weighted by atomic mass is 9.99. The van der Waals surface area contributed by atoms with Gasteiger partial charge < -0.3 is 24.6 Å². The third kappa shape index (κ3) is 7.08. The van der Waals surface area contributed by atoms with Crippen LogP contribution in [-0.4, -0.2) is 42.2 Å². The summed E-state index contributed by atoms with van der Waals surface area (Å²) in [6.07, 6.45) is 1.39. The molecule has 0 atom stereocenters. The lowest BCUT2D eigenvalue weighted by Crippen LogP contribution is -2.30. The minimum Gasteiger partial charge on any atom is -0.466 e. The van der Waals surface area contributed by atoms with Crippen molar-refractivity contribution in [3.05, 3.63) is 66.4 Å². The van der Waals surface area contributed by atoms with Crippen LogP contribution in [0, 0.1) is 13.8 Å². The summed E-state index contributed by atoms with van der Waals surface area (Å²) in [5.74, 6) is 0.800. The number of nitrogens with one attached hydrogen (secondary N) is 2. The predicted octanol–water partition coefficient (Wildman–Crippen LogP) is 5.50. The largest absolute Gasteiger partial charge is 0.466 e. The van der Waals surface area contributed by atoms with Crippen LogP contribution in [0.5, 0.6) is 5.75 Å². The van der Waals surface area contributed by atoms with Gasteiger partial charge in [0.15, 0.2) is 10.6 Å². The van der Waals surface area contributed by atoms with Crippen LogP contribution >= 0.6 is 23.2 Å². The average Bonchev–Trinajstić information content (AvgIpc) is 3.30. The summed E-state index contributed by atoms with van der Waals surface area (Å²) in [6.45, 7) is 11.4. The maximum Gasteiger partial charge on any atom is 0.257 e.